The lowest BCUT2D eigenvalue weighted by molar-refractivity contribution is -0.114. The van der Waals surface area contributed by atoms with Crippen molar-refractivity contribution < 1.29 is 17.4 Å². The molecule has 0 spiro atoms. The average Bonchev–Trinajstić information content (AvgIpc) is 2.46. The largest absolute Gasteiger partial charge is 0.379 e. The van der Waals surface area contributed by atoms with Gasteiger partial charge in [-0.2, -0.15) is 8.42 Å². The molecule has 2 aromatic rings. The SMILES string of the molecule is CC(=O)Nc1ccc(S(=O)(=O)Oc2cc(C)ccc2C(C)C)cc1. The lowest BCUT2D eigenvalue weighted by atomic mass is 10.0. The maximum absolute atomic E-state index is 12.5. The molecule has 0 heterocycles. The highest BCUT2D eigenvalue weighted by atomic mass is 32.2. The zero-order valence-corrected chi connectivity index (χ0v) is 15.0. The third-order valence-corrected chi connectivity index (χ3v) is 4.70. The van der Waals surface area contributed by atoms with Gasteiger partial charge in [-0.25, -0.2) is 0 Å². The second kappa shape index (κ2) is 7.05. The second-order valence-corrected chi connectivity index (χ2v) is 7.49. The molecule has 5 nitrogen and oxygen atoms in total. The number of hydrogen-bond donors (Lipinski definition) is 1. The number of rotatable bonds is 5. The molecule has 0 aliphatic rings. The molecular weight excluding hydrogens is 326 g/mol. The van der Waals surface area contributed by atoms with Crippen LogP contribution in [-0.2, 0) is 14.9 Å². The summed E-state index contributed by atoms with van der Waals surface area (Å²) in [5, 5.41) is 2.59. The summed E-state index contributed by atoms with van der Waals surface area (Å²) in [6.07, 6.45) is 0. The molecule has 0 saturated heterocycles. The Morgan fingerprint density at radius 3 is 2.25 bits per heavy atom. The van der Waals surface area contributed by atoms with Gasteiger partial charge in [0.15, 0.2) is 0 Å². The molecule has 0 saturated carbocycles. The molecule has 0 fully saturated rings. The molecule has 2 rings (SSSR count). The van der Waals surface area contributed by atoms with E-state index in [-0.39, 0.29) is 16.7 Å². The quantitative estimate of drug-likeness (QED) is 0.834. The normalized spacial score (nSPS) is 11.4. The van der Waals surface area contributed by atoms with Gasteiger partial charge in [-0.3, -0.25) is 4.79 Å². The summed E-state index contributed by atoms with van der Waals surface area (Å²) in [5.74, 6) is 0.261. The van der Waals surface area contributed by atoms with Gasteiger partial charge in [-0.05, 0) is 54.3 Å². The van der Waals surface area contributed by atoms with E-state index in [2.05, 4.69) is 5.32 Å². The van der Waals surface area contributed by atoms with Gasteiger partial charge < -0.3 is 9.50 Å². The molecule has 24 heavy (non-hydrogen) atoms. The maximum Gasteiger partial charge on any atom is 0.339 e. The minimum atomic E-state index is -3.94. The summed E-state index contributed by atoms with van der Waals surface area (Å²) in [6.45, 7) is 7.23. The molecule has 0 radical (unpaired) electrons. The molecule has 1 amide bonds. The minimum absolute atomic E-state index is 0.0350. The zero-order valence-electron chi connectivity index (χ0n) is 14.2. The smallest absolute Gasteiger partial charge is 0.339 e. The van der Waals surface area contributed by atoms with Gasteiger partial charge >= 0.3 is 10.1 Å². The van der Waals surface area contributed by atoms with Crippen LogP contribution in [0.2, 0.25) is 0 Å². The monoisotopic (exact) mass is 347 g/mol. The summed E-state index contributed by atoms with van der Waals surface area (Å²) in [5.41, 5.74) is 2.28. The van der Waals surface area contributed by atoms with E-state index in [4.69, 9.17) is 4.18 Å². The Morgan fingerprint density at radius 2 is 1.71 bits per heavy atom. The van der Waals surface area contributed by atoms with Gasteiger partial charge in [-0.15, -0.1) is 0 Å². The first-order chi connectivity index (χ1) is 11.2. The summed E-state index contributed by atoms with van der Waals surface area (Å²) in [4.78, 5) is 11.1. The number of aryl methyl sites for hydroxylation is 1. The Kier molecular flexibility index (Phi) is 5.29. The van der Waals surface area contributed by atoms with E-state index in [1.54, 1.807) is 6.07 Å². The van der Waals surface area contributed by atoms with Crippen LogP contribution in [-0.4, -0.2) is 14.3 Å². The Hall–Kier alpha value is -2.34. The van der Waals surface area contributed by atoms with Crippen LogP contribution in [0.4, 0.5) is 5.69 Å². The Bertz CT molecular complexity index is 840. The van der Waals surface area contributed by atoms with Crippen molar-refractivity contribution in [2.24, 2.45) is 0 Å². The fraction of sp³-hybridized carbons (Fsp3) is 0.278. The highest BCUT2D eigenvalue weighted by Gasteiger charge is 2.19. The highest BCUT2D eigenvalue weighted by molar-refractivity contribution is 7.87. The molecule has 0 aliphatic heterocycles. The molecule has 0 bridgehead atoms. The van der Waals surface area contributed by atoms with Crippen LogP contribution in [0.5, 0.6) is 5.75 Å². The van der Waals surface area contributed by atoms with Gasteiger partial charge in [0.2, 0.25) is 5.91 Å². The van der Waals surface area contributed by atoms with Crippen molar-refractivity contribution >= 4 is 21.7 Å². The number of benzene rings is 2. The highest BCUT2D eigenvalue weighted by Crippen LogP contribution is 2.30. The van der Waals surface area contributed by atoms with E-state index in [1.807, 2.05) is 32.9 Å². The van der Waals surface area contributed by atoms with Crippen LogP contribution in [0, 0.1) is 6.92 Å². The van der Waals surface area contributed by atoms with E-state index in [1.165, 1.54) is 31.2 Å². The van der Waals surface area contributed by atoms with Crippen LogP contribution in [0.15, 0.2) is 47.4 Å². The fourth-order valence-electron chi connectivity index (χ4n) is 2.27. The predicted octanol–water partition coefficient (Wildman–Crippen LogP) is 3.84. The summed E-state index contributed by atoms with van der Waals surface area (Å²) in [7, 11) is -3.94. The molecule has 1 N–H and O–H groups in total. The van der Waals surface area contributed by atoms with Crippen molar-refractivity contribution in [2.45, 2.75) is 38.5 Å². The Labute approximate surface area is 142 Å². The van der Waals surface area contributed by atoms with E-state index in [9.17, 15) is 13.2 Å². The van der Waals surface area contributed by atoms with Crippen molar-refractivity contribution in [1.29, 1.82) is 0 Å². The van der Waals surface area contributed by atoms with Crippen LogP contribution in [0.25, 0.3) is 0 Å². The number of carbonyl (C=O) groups excluding carboxylic acids is 1. The van der Waals surface area contributed by atoms with Crippen LogP contribution in [0.3, 0.4) is 0 Å². The molecular formula is C18H21NO4S. The van der Waals surface area contributed by atoms with Crippen molar-refractivity contribution in [3.8, 4) is 5.75 Å². The second-order valence-electron chi connectivity index (χ2n) is 5.94. The first-order valence-electron chi connectivity index (χ1n) is 7.62. The topological polar surface area (TPSA) is 72.5 Å². The first kappa shape index (κ1) is 18.0. The molecule has 6 heteroatoms. The first-order valence-corrected chi connectivity index (χ1v) is 9.02. The third-order valence-electron chi connectivity index (χ3n) is 3.45. The molecule has 0 aromatic heterocycles. The van der Waals surface area contributed by atoms with Crippen molar-refractivity contribution in [3.05, 3.63) is 53.6 Å². The summed E-state index contributed by atoms with van der Waals surface area (Å²) < 4.78 is 30.4. The lowest BCUT2D eigenvalue weighted by Gasteiger charge is -2.14. The molecule has 0 aliphatic carbocycles. The number of carbonyl (C=O) groups is 1. The van der Waals surface area contributed by atoms with Crippen LogP contribution in [0.1, 0.15) is 37.8 Å². The predicted molar refractivity (Wildman–Crippen MR) is 93.8 cm³/mol. The van der Waals surface area contributed by atoms with Crippen molar-refractivity contribution in [3.63, 3.8) is 0 Å². The van der Waals surface area contributed by atoms with E-state index in [0.717, 1.165) is 11.1 Å². The molecule has 0 atom stereocenters. The minimum Gasteiger partial charge on any atom is -0.379 e. The average molecular weight is 347 g/mol. The van der Waals surface area contributed by atoms with E-state index in [0.29, 0.717) is 11.4 Å². The zero-order chi connectivity index (χ0) is 17.9. The molecule has 128 valence electrons. The van der Waals surface area contributed by atoms with Crippen LogP contribution >= 0.6 is 0 Å². The maximum atomic E-state index is 12.5. The third kappa shape index (κ3) is 4.35. The van der Waals surface area contributed by atoms with Crippen molar-refractivity contribution in [2.75, 3.05) is 5.32 Å². The van der Waals surface area contributed by atoms with Gasteiger partial charge in [0.05, 0.1) is 0 Å². The van der Waals surface area contributed by atoms with Gasteiger partial charge in [0.1, 0.15) is 10.6 Å². The number of nitrogens with one attached hydrogen (secondary N) is 1. The Morgan fingerprint density at radius 1 is 1.08 bits per heavy atom. The molecule has 0 unspecified atom stereocenters. The molecule has 2 aromatic carbocycles. The standard InChI is InChI=1S/C18H21NO4S/c1-12(2)17-10-5-13(3)11-18(17)23-24(21,22)16-8-6-15(7-9-16)19-14(4)20/h5-12H,1-4H3,(H,19,20). The van der Waals surface area contributed by atoms with Crippen molar-refractivity contribution in [1.82, 2.24) is 0 Å². The number of hydrogen-bond acceptors (Lipinski definition) is 4. The fourth-order valence-corrected chi connectivity index (χ4v) is 3.21. The summed E-state index contributed by atoms with van der Waals surface area (Å²) >= 11 is 0. The number of anilines is 1. The van der Waals surface area contributed by atoms with E-state index < -0.39 is 10.1 Å². The van der Waals surface area contributed by atoms with Gasteiger partial charge in [-0.1, -0.05) is 26.0 Å². The Balaban J connectivity index is 2.32. The lowest BCUT2D eigenvalue weighted by Crippen LogP contribution is -2.12. The van der Waals surface area contributed by atoms with Gasteiger partial charge in [0, 0.05) is 12.6 Å². The van der Waals surface area contributed by atoms with E-state index >= 15 is 0 Å². The number of amides is 1. The van der Waals surface area contributed by atoms with Gasteiger partial charge in [0.25, 0.3) is 0 Å². The van der Waals surface area contributed by atoms with Crippen LogP contribution < -0.4 is 9.50 Å². The summed E-state index contributed by atoms with van der Waals surface area (Å²) in [6, 6.07) is 11.4.